The number of ether oxygens (including phenoxy) is 1. The molecule has 2 aromatic heterocycles. The first-order valence-electron chi connectivity index (χ1n) is 15.0. The van der Waals surface area contributed by atoms with E-state index in [0.29, 0.717) is 30.1 Å². The fourth-order valence-electron chi connectivity index (χ4n) is 4.42. The number of fused-ring (bicyclic) bond motifs is 1. The van der Waals surface area contributed by atoms with Crippen LogP contribution in [-0.2, 0) is 24.9 Å². The van der Waals surface area contributed by atoms with E-state index < -0.39 is 8.25 Å². The van der Waals surface area contributed by atoms with E-state index in [1.54, 1.807) is 6.33 Å². The Labute approximate surface area is 246 Å². The van der Waals surface area contributed by atoms with Crippen LogP contribution in [0.5, 0.6) is 0 Å². The van der Waals surface area contributed by atoms with Crippen LogP contribution in [0.15, 0.2) is 12.7 Å². The lowest BCUT2D eigenvalue weighted by atomic mass is 10.0. The first-order valence-corrected chi connectivity index (χ1v) is 17.4. The first-order chi connectivity index (χ1) is 19.1. The van der Waals surface area contributed by atoms with E-state index in [1.165, 1.54) is 102 Å². The third-order valence-electron chi connectivity index (χ3n) is 6.71. The summed E-state index contributed by atoms with van der Waals surface area (Å²) in [5.74, 6) is 2.56. The SMILES string of the molecule is CCCCCCCCCCCCCCCCSCCCO[PH](=O)OCO[C@H](C)Cn1cnc2c(N)ncnc21.N. The molecule has 10 nitrogen and oxygen atoms in total. The van der Waals surface area contributed by atoms with Crippen LogP contribution in [0.25, 0.3) is 11.2 Å². The molecule has 0 saturated carbocycles. The van der Waals surface area contributed by atoms with Crippen LogP contribution in [0.4, 0.5) is 5.82 Å². The molecule has 0 aliphatic rings. The number of nitrogen functional groups attached to an aromatic ring is 1. The maximum atomic E-state index is 11.9. The average molecular weight is 603 g/mol. The Hall–Kier alpha value is -1.23. The Morgan fingerprint density at radius 2 is 1.48 bits per heavy atom. The highest BCUT2D eigenvalue weighted by Crippen LogP contribution is 2.24. The molecule has 0 aliphatic heterocycles. The first kappa shape index (κ1) is 36.8. The van der Waals surface area contributed by atoms with Gasteiger partial charge in [0.05, 0.1) is 25.6 Å². The summed E-state index contributed by atoms with van der Waals surface area (Å²) in [7, 11) is -2.55. The zero-order valence-electron chi connectivity index (χ0n) is 25.0. The number of nitrogens with two attached hydrogens (primary N) is 1. The predicted molar refractivity (Wildman–Crippen MR) is 168 cm³/mol. The summed E-state index contributed by atoms with van der Waals surface area (Å²) >= 11 is 1.95. The standard InChI is InChI=1S/C28H52N5O4PS.H3N/c1-3-4-5-6-7-8-9-10-11-12-13-14-15-16-19-39-20-17-18-36-38(34)37-24-35-25(2)21-33-23-32-26-27(29)30-22-31-28(26)33;/h22-23,25,38H,3-21,24H2,1-2H3,(H2,29,30,31);1H3/t25-;/m1./s1. The van der Waals surface area contributed by atoms with Crippen LogP contribution in [0.2, 0.25) is 0 Å². The number of imidazole rings is 1. The minimum atomic E-state index is -2.55. The molecule has 1 unspecified atom stereocenters. The highest BCUT2D eigenvalue weighted by atomic mass is 32.2. The summed E-state index contributed by atoms with van der Waals surface area (Å²) in [4.78, 5) is 12.4. The lowest BCUT2D eigenvalue weighted by Gasteiger charge is -2.14. The van der Waals surface area contributed by atoms with Crippen LogP contribution in [0, 0.1) is 0 Å². The number of rotatable bonds is 26. The van der Waals surface area contributed by atoms with E-state index in [-0.39, 0.29) is 19.0 Å². The van der Waals surface area contributed by atoms with Crippen LogP contribution >= 0.6 is 20.0 Å². The molecule has 0 bridgehead atoms. The van der Waals surface area contributed by atoms with Gasteiger partial charge in [-0.05, 0) is 31.3 Å². The monoisotopic (exact) mass is 602 g/mol. The number of nitrogens with zero attached hydrogens (tertiary/aromatic N) is 4. The minimum absolute atomic E-state index is 0. The third-order valence-corrected chi connectivity index (χ3v) is 8.66. The number of hydrogen-bond donors (Lipinski definition) is 2. The predicted octanol–water partition coefficient (Wildman–Crippen LogP) is 7.96. The number of anilines is 1. The van der Waals surface area contributed by atoms with Gasteiger partial charge in [-0.3, -0.25) is 9.09 Å². The number of aromatic nitrogens is 4. The van der Waals surface area contributed by atoms with Crippen molar-refractivity contribution >= 4 is 37.0 Å². The fraction of sp³-hybridized carbons (Fsp3) is 0.821. The summed E-state index contributed by atoms with van der Waals surface area (Å²) in [6.45, 7) is 5.04. The second kappa shape index (κ2) is 24.4. The van der Waals surface area contributed by atoms with Crippen LogP contribution in [-0.4, -0.2) is 50.5 Å². The second-order valence-electron chi connectivity index (χ2n) is 10.2. The molecule has 2 atom stereocenters. The molecular formula is C28H55N6O4PS. The minimum Gasteiger partial charge on any atom is -0.382 e. The molecule has 2 heterocycles. The Morgan fingerprint density at radius 1 is 0.875 bits per heavy atom. The molecule has 0 spiro atoms. The zero-order valence-corrected chi connectivity index (χ0v) is 26.8. The molecule has 40 heavy (non-hydrogen) atoms. The van der Waals surface area contributed by atoms with Gasteiger partial charge in [-0.25, -0.2) is 15.0 Å². The van der Waals surface area contributed by atoms with Gasteiger partial charge in [0.2, 0.25) is 0 Å². The van der Waals surface area contributed by atoms with Gasteiger partial charge in [-0.15, -0.1) is 0 Å². The normalized spacial score (nSPS) is 12.9. The molecule has 0 saturated heterocycles. The summed E-state index contributed by atoms with van der Waals surface area (Å²) in [5, 5.41) is 0. The zero-order chi connectivity index (χ0) is 28.0. The molecule has 0 amide bonds. The van der Waals surface area contributed by atoms with Crippen molar-refractivity contribution in [3.63, 3.8) is 0 Å². The van der Waals surface area contributed by atoms with E-state index in [1.807, 2.05) is 23.3 Å². The van der Waals surface area contributed by atoms with Gasteiger partial charge in [0, 0.05) is 0 Å². The van der Waals surface area contributed by atoms with Crippen molar-refractivity contribution in [2.24, 2.45) is 0 Å². The van der Waals surface area contributed by atoms with Crippen molar-refractivity contribution in [2.75, 3.05) is 30.6 Å². The molecule has 2 aromatic rings. The molecule has 0 aromatic carbocycles. The lowest BCUT2D eigenvalue weighted by Crippen LogP contribution is -2.17. The van der Waals surface area contributed by atoms with Gasteiger partial charge < -0.3 is 25.7 Å². The highest BCUT2D eigenvalue weighted by molar-refractivity contribution is 7.99. The van der Waals surface area contributed by atoms with E-state index in [9.17, 15) is 4.57 Å². The van der Waals surface area contributed by atoms with Crippen LogP contribution in [0.3, 0.4) is 0 Å². The van der Waals surface area contributed by atoms with Gasteiger partial charge in [0.15, 0.2) is 18.3 Å². The van der Waals surface area contributed by atoms with E-state index in [2.05, 4.69) is 21.9 Å². The summed E-state index contributed by atoms with van der Waals surface area (Å²) in [5.41, 5.74) is 7.03. The number of unbranched alkanes of at least 4 members (excludes halogenated alkanes) is 13. The fourth-order valence-corrected chi connectivity index (χ4v) is 5.91. The smallest absolute Gasteiger partial charge is 0.321 e. The van der Waals surface area contributed by atoms with E-state index in [0.717, 1.165) is 12.2 Å². The largest absolute Gasteiger partial charge is 0.382 e. The average Bonchev–Trinajstić information content (AvgIpc) is 3.33. The van der Waals surface area contributed by atoms with Crippen molar-refractivity contribution in [3.8, 4) is 0 Å². The van der Waals surface area contributed by atoms with Gasteiger partial charge in [-0.1, -0.05) is 90.4 Å². The third kappa shape index (κ3) is 16.9. The van der Waals surface area contributed by atoms with Gasteiger partial charge >= 0.3 is 8.25 Å². The van der Waals surface area contributed by atoms with Crippen molar-refractivity contribution in [3.05, 3.63) is 12.7 Å². The summed E-state index contributed by atoms with van der Waals surface area (Å²) < 4.78 is 29.9. The molecule has 0 radical (unpaired) electrons. The highest BCUT2D eigenvalue weighted by Gasteiger charge is 2.11. The Balaban J connectivity index is 0.00000800. The summed E-state index contributed by atoms with van der Waals surface area (Å²) in [6, 6.07) is 0. The van der Waals surface area contributed by atoms with Crippen molar-refractivity contribution < 1.29 is 18.3 Å². The molecule has 232 valence electrons. The maximum absolute atomic E-state index is 11.9. The topological polar surface area (TPSA) is 149 Å². The molecule has 12 heteroatoms. The number of hydrogen-bond acceptors (Lipinski definition) is 10. The quantitative estimate of drug-likeness (QED) is 0.0616. The Morgan fingerprint density at radius 3 is 2.12 bits per heavy atom. The van der Waals surface area contributed by atoms with Gasteiger partial charge in [-0.2, -0.15) is 11.8 Å². The maximum Gasteiger partial charge on any atom is 0.321 e. The molecule has 0 fully saturated rings. The Kier molecular flexibility index (Phi) is 22.4. The van der Waals surface area contributed by atoms with Gasteiger partial charge in [0.1, 0.15) is 11.8 Å². The second-order valence-corrected chi connectivity index (χ2v) is 12.5. The molecular weight excluding hydrogens is 547 g/mol. The van der Waals surface area contributed by atoms with Crippen molar-refractivity contribution in [2.45, 2.75) is 123 Å². The molecule has 5 N–H and O–H groups in total. The van der Waals surface area contributed by atoms with Gasteiger partial charge in [0.25, 0.3) is 0 Å². The van der Waals surface area contributed by atoms with Crippen molar-refractivity contribution in [1.82, 2.24) is 25.7 Å². The van der Waals surface area contributed by atoms with E-state index >= 15 is 0 Å². The van der Waals surface area contributed by atoms with E-state index in [4.69, 9.17) is 19.5 Å². The Bertz CT molecular complexity index is 907. The van der Waals surface area contributed by atoms with Crippen LogP contribution < -0.4 is 11.9 Å². The molecule has 0 aliphatic carbocycles. The number of thioether (sulfide) groups is 1. The van der Waals surface area contributed by atoms with Crippen LogP contribution in [0.1, 0.15) is 110 Å². The summed E-state index contributed by atoms with van der Waals surface area (Å²) in [6.07, 6.45) is 23.3. The molecule has 2 rings (SSSR count). The van der Waals surface area contributed by atoms with Crippen molar-refractivity contribution in [1.29, 1.82) is 0 Å². The lowest BCUT2D eigenvalue weighted by molar-refractivity contribution is -0.0367.